The summed E-state index contributed by atoms with van der Waals surface area (Å²) in [5.41, 5.74) is 3.79. The molecule has 0 saturated carbocycles. The molecular weight excluding hydrogens is 336 g/mol. The van der Waals surface area contributed by atoms with Gasteiger partial charge in [-0.15, -0.1) is 0 Å². The molecule has 1 saturated heterocycles. The van der Waals surface area contributed by atoms with Crippen LogP contribution in [0.3, 0.4) is 0 Å². The zero-order valence-corrected chi connectivity index (χ0v) is 15.3. The Morgan fingerprint density at radius 2 is 2.11 bits per heavy atom. The molecule has 0 aliphatic carbocycles. The van der Waals surface area contributed by atoms with E-state index in [9.17, 15) is 4.79 Å². The molecule has 3 aromatic rings. The smallest absolute Gasteiger partial charge is 0.255 e. The number of anilines is 1. The van der Waals surface area contributed by atoms with Gasteiger partial charge in [0.15, 0.2) is 0 Å². The van der Waals surface area contributed by atoms with Crippen LogP contribution < -0.4 is 10.6 Å². The number of benzene rings is 2. The summed E-state index contributed by atoms with van der Waals surface area (Å²) < 4.78 is 1.85. The van der Waals surface area contributed by atoms with Crippen LogP contribution in [0.15, 0.2) is 67.0 Å². The predicted molar refractivity (Wildman–Crippen MR) is 107 cm³/mol. The Labute approximate surface area is 159 Å². The summed E-state index contributed by atoms with van der Waals surface area (Å²) in [5, 5.41) is 10.8. The Hall–Kier alpha value is -2.92. The summed E-state index contributed by atoms with van der Waals surface area (Å²) in [6.45, 7) is 2.69. The van der Waals surface area contributed by atoms with Crippen molar-refractivity contribution in [1.29, 1.82) is 0 Å². The van der Waals surface area contributed by atoms with Crippen LogP contribution in [-0.4, -0.2) is 28.8 Å². The van der Waals surface area contributed by atoms with Crippen molar-refractivity contribution in [1.82, 2.24) is 15.1 Å². The molecule has 1 amide bonds. The van der Waals surface area contributed by atoms with E-state index in [1.807, 2.05) is 59.4 Å². The molecule has 1 aromatic heterocycles. The molecule has 2 N–H and O–H groups in total. The van der Waals surface area contributed by atoms with Gasteiger partial charge in [0.05, 0.1) is 6.54 Å². The highest BCUT2D eigenvalue weighted by atomic mass is 16.1. The molecule has 4 rings (SSSR count). The molecule has 1 aliphatic rings. The number of nitrogens with one attached hydrogen (secondary N) is 2. The third-order valence-electron chi connectivity index (χ3n) is 5.07. The van der Waals surface area contributed by atoms with Gasteiger partial charge in [-0.2, -0.15) is 5.10 Å². The number of amides is 1. The summed E-state index contributed by atoms with van der Waals surface area (Å²) >= 11 is 0. The van der Waals surface area contributed by atoms with E-state index in [1.165, 1.54) is 18.4 Å². The third-order valence-corrected chi connectivity index (χ3v) is 5.07. The first kappa shape index (κ1) is 17.5. The maximum atomic E-state index is 12.9. The van der Waals surface area contributed by atoms with Gasteiger partial charge in [-0.3, -0.25) is 9.48 Å². The van der Waals surface area contributed by atoms with E-state index in [0.29, 0.717) is 18.0 Å². The molecule has 27 heavy (non-hydrogen) atoms. The van der Waals surface area contributed by atoms with Gasteiger partial charge in [0.25, 0.3) is 5.91 Å². The Morgan fingerprint density at radius 1 is 1.19 bits per heavy atom. The van der Waals surface area contributed by atoms with Crippen LogP contribution in [0.25, 0.3) is 0 Å². The predicted octanol–water partition coefficient (Wildman–Crippen LogP) is 3.65. The van der Waals surface area contributed by atoms with E-state index < -0.39 is 0 Å². The standard InChI is InChI=1S/C22H24N4O/c27-22(18-8-3-7-17(14-18)19-9-4-11-23-15-19)25-21-10-2-1-6-20(21)16-26-13-5-12-24-26/h1-3,5-8,10,12-14,19,23H,4,9,11,15-16H2,(H,25,27). The molecule has 5 heteroatoms. The van der Waals surface area contributed by atoms with Crippen LogP contribution in [0.4, 0.5) is 5.69 Å². The van der Waals surface area contributed by atoms with Crippen molar-refractivity contribution in [2.45, 2.75) is 25.3 Å². The second-order valence-corrected chi connectivity index (χ2v) is 6.98. The van der Waals surface area contributed by atoms with Crippen molar-refractivity contribution in [2.75, 3.05) is 18.4 Å². The molecule has 2 heterocycles. The average molecular weight is 360 g/mol. The Bertz CT molecular complexity index is 898. The van der Waals surface area contributed by atoms with Gasteiger partial charge < -0.3 is 10.6 Å². The lowest BCUT2D eigenvalue weighted by Crippen LogP contribution is -2.28. The summed E-state index contributed by atoms with van der Waals surface area (Å²) in [6, 6.07) is 17.8. The van der Waals surface area contributed by atoms with E-state index in [-0.39, 0.29) is 5.91 Å². The van der Waals surface area contributed by atoms with Crippen LogP contribution in [0.5, 0.6) is 0 Å². The highest BCUT2D eigenvalue weighted by Crippen LogP contribution is 2.24. The number of aromatic nitrogens is 2. The fourth-order valence-corrected chi connectivity index (χ4v) is 3.61. The van der Waals surface area contributed by atoms with Crippen LogP contribution in [0.2, 0.25) is 0 Å². The zero-order valence-electron chi connectivity index (χ0n) is 15.3. The van der Waals surface area contributed by atoms with Crippen LogP contribution >= 0.6 is 0 Å². The average Bonchev–Trinajstić information content (AvgIpc) is 3.23. The van der Waals surface area contributed by atoms with E-state index in [0.717, 1.165) is 24.3 Å². The first-order valence-electron chi connectivity index (χ1n) is 9.47. The van der Waals surface area contributed by atoms with Gasteiger partial charge in [0.1, 0.15) is 0 Å². The molecule has 1 unspecified atom stereocenters. The Morgan fingerprint density at radius 3 is 2.93 bits per heavy atom. The van der Waals surface area contributed by atoms with Crippen molar-refractivity contribution < 1.29 is 4.79 Å². The van der Waals surface area contributed by atoms with Crippen molar-refractivity contribution in [2.24, 2.45) is 0 Å². The number of nitrogens with zero attached hydrogens (tertiary/aromatic N) is 2. The number of hydrogen-bond acceptors (Lipinski definition) is 3. The molecule has 1 fully saturated rings. The Balaban J connectivity index is 1.51. The number of rotatable bonds is 5. The van der Waals surface area contributed by atoms with E-state index in [2.05, 4.69) is 21.8 Å². The highest BCUT2D eigenvalue weighted by Gasteiger charge is 2.17. The van der Waals surface area contributed by atoms with Crippen molar-refractivity contribution in [3.63, 3.8) is 0 Å². The molecular formula is C22H24N4O. The number of piperidine rings is 1. The molecule has 5 nitrogen and oxygen atoms in total. The normalized spacial score (nSPS) is 16.8. The minimum atomic E-state index is -0.0754. The van der Waals surface area contributed by atoms with Crippen molar-refractivity contribution in [3.05, 3.63) is 83.7 Å². The fourth-order valence-electron chi connectivity index (χ4n) is 3.61. The molecule has 0 bridgehead atoms. The van der Waals surface area contributed by atoms with Gasteiger partial charge in [0, 0.05) is 30.2 Å². The van der Waals surface area contributed by atoms with Crippen molar-refractivity contribution >= 4 is 11.6 Å². The summed E-state index contributed by atoms with van der Waals surface area (Å²) in [7, 11) is 0. The fraction of sp³-hybridized carbons (Fsp3) is 0.273. The first-order valence-corrected chi connectivity index (χ1v) is 9.47. The van der Waals surface area contributed by atoms with E-state index in [4.69, 9.17) is 0 Å². The lowest BCUT2D eigenvalue weighted by atomic mass is 9.90. The van der Waals surface area contributed by atoms with Crippen LogP contribution in [0, 0.1) is 0 Å². The maximum Gasteiger partial charge on any atom is 0.255 e. The van der Waals surface area contributed by atoms with Crippen LogP contribution in [0.1, 0.15) is 40.2 Å². The number of carbonyl (C=O) groups is 1. The molecule has 0 radical (unpaired) electrons. The van der Waals surface area contributed by atoms with Gasteiger partial charge in [-0.1, -0.05) is 30.3 Å². The monoisotopic (exact) mass is 360 g/mol. The van der Waals surface area contributed by atoms with Crippen LogP contribution in [-0.2, 0) is 6.54 Å². The van der Waals surface area contributed by atoms with E-state index >= 15 is 0 Å². The highest BCUT2D eigenvalue weighted by molar-refractivity contribution is 6.04. The second-order valence-electron chi connectivity index (χ2n) is 6.98. The van der Waals surface area contributed by atoms with Gasteiger partial charge >= 0.3 is 0 Å². The lowest BCUT2D eigenvalue weighted by Gasteiger charge is -2.23. The van der Waals surface area contributed by atoms with Gasteiger partial charge in [-0.25, -0.2) is 0 Å². The minimum Gasteiger partial charge on any atom is -0.322 e. The Kier molecular flexibility index (Phi) is 5.30. The zero-order chi connectivity index (χ0) is 18.5. The largest absolute Gasteiger partial charge is 0.322 e. The number of carbonyl (C=O) groups excluding carboxylic acids is 1. The summed E-state index contributed by atoms with van der Waals surface area (Å²) in [4.78, 5) is 12.9. The second kappa shape index (κ2) is 8.18. The molecule has 1 atom stereocenters. The molecule has 1 aliphatic heterocycles. The molecule has 138 valence electrons. The summed E-state index contributed by atoms with van der Waals surface area (Å²) in [6.07, 6.45) is 6.03. The maximum absolute atomic E-state index is 12.9. The third kappa shape index (κ3) is 4.26. The molecule has 0 spiro atoms. The van der Waals surface area contributed by atoms with Crippen molar-refractivity contribution in [3.8, 4) is 0 Å². The SMILES string of the molecule is O=C(Nc1ccccc1Cn1cccn1)c1cccc(C2CCCNC2)c1. The number of para-hydroxylation sites is 1. The van der Waals surface area contributed by atoms with Gasteiger partial charge in [0.2, 0.25) is 0 Å². The summed E-state index contributed by atoms with van der Waals surface area (Å²) in [5.74, 6) is 0.409. The topological polar surface area (TPSA) is 59.0 Å². The first-order chi connectivity index (χ1) is 13.3. The minimum absolute atomic E-state index is 0.0754. The number of hydrogen-bond donors (Lipinski definition) is 2. The van der Waals surface area contributed by atoms with Gasteiger partial charge in [-0.05, 0) is 60.7 Å². The molecule has 2 aromatic carbocycles. The van der Waals surface area contributed by atoms with E-state index in [1.54, 1.807) is 6.20 Å². The lowest BCUT2D eigenvalue weighted by molar-refractivity contribution is 0.102. The quantitative estimate of drug-likeness (QED) is 0.730.